The summed E-state index contributed by atoms with van der Waals surface area (Å²) in [4.78, 5) is 4.11. The largest absolute Gasteiger partial charge is 0.337 e. The molecule has 0 spiro atoms. The van der Waals surface area contributed by atoms with E-state index < -0.39 is 0 Å². The average Bonchev–Trinajstić information content (AvgIpc) is 2.45. The molecule has 6 heteroatoms. The molecule has 0 aliphatic carbocycles. The molecule has 2 nitrogen and oxygen atoms in total. The molecule has 0 saturated carbocycles. The van der Waals surface area contributed by atoms with Gasteiger partial charge in [0.1, 0.15) is 0 Å². The summed E-state index contributed by atoms with van der Waals surface area (Å²) in [5, 5.41) is 0. The molecule has 28 heavy (non-hydrogen) atoms. The third kappa shape index (κ3) is 20.5. The van der Waals surface area contributed by atoms with Crippen molar-refractivity contribution in [1.29, 1.82) is 0 Å². The summed E-state index contributed by atoms with van der Waals surface area (Å²) in [7, 11) is 8.09. The molecule has 0 aromatic rings. The molecule has 0 aromatic carbocycles. The molecule has 165 valence electrons. The minimum atomic E-state index is 0. The fourth-order valence-electron chi connectivity index (χ4n) is 1.76. The number of hydrogen-bond donors (Lipinski definition) is 0. The van der Waals surface area contributed by atoms with Gasteiger partial charge in [0, 0.05) is 53.8 Å². The van der Waals surface area contributed by atoms with Crippen LogP contribution in [0.15, 0.2) is 0 Å². The number of hydrogen-bond acceptors (Lipinski definition) is 2. The van der Waals surface area contributed by atoms with Gasteiger partial charge in [-0.1, -0.05) is 53.4 Å². The molecular weight excluding hydrogens is 667 g/mol. The van der Waals surface area contributed by atoms with E-state index in [9.17, 15) is 0 Å². The van der Waals surface area contributed by atoms with Gasteiger partial charge in [-0.05, 0) is 0 Å². The molecule has 0 saturated heterocycles. The maximum absolute atomic E-state index is 4.25. The van der Waals surface area contributed by atoms with Crippen molar-refractivity contribution < 1.29 is 87.7 Å². The van der Waals surface area contributed by atoms with Crippen LogP contribution < -0.4 is 0 Å². The zero-order chi connectivity index (χ0) is 22.0. The Morgan fingerprint density at radius 2 is 1.04 bits per heavy atom. The van der Waals surface area contributed by atoms with Crippen LogP contribution in [-0.2, 0) is 87.7 Å². The molecule has 0 amide bonds. The van der Waals surface area contributed by atoms with E-state index in [1.807, 2.05) is 28.2 Å². The Morgan fingerprint density at radius 3 is 1.14 bits per heavy atom. The smallest absolute Gasteiger partial charge is 0 e. The van der Waals surface area contributed by atoms with E-state index in [0.29, 0.717) is 17.3 Å². The Labute approximate surface area is 236 Å². The maximum atomic E-state index is 4.25. The van der Waals surface area contributed by atoms with Crippen molar-refractivity contribution in [1.82, 2.24) is 9.80 Å². The Morgan fingerprint density at radius 1 is 0.821 bits per heavy atom. The predicted molar refractivity (Wildman–Crippen MR) is 115 cm³/mol. The SMILES string of the molecule is C[C](=[V])N(C)C.C[C](=[V])N(C)C.[CH2-]C(C)(C)[C@@H](C)C(C)C(C)(C)[C-](C)C.[W].[Y]. The van der Waals surface area contributed by atoms with Gasteiger partial charge in [0.2, 0.25) is 0 Å². The van der Waals surface area contributed by atoms with Gasteiger partial charge >= 0.3 is 94.5 Å². The van der Waals surface area contributed by atoms with Gasteiger partial charge in [0.05, 0.1) is 0 Å². The standard InChI is InChI=1S/C14H28.2C4H9N.2V.W.Y/c1-10(2)14(8,9)12(4)11(3)13(5,6)7;2*1-4-5(2)3;;;;/h11-12H,5H2,1-4,6-9H3;2*1-3H3;;;;/q-2;;;;;;/t11-,12?;;;;;;/m0....../s1. The Balaban J connectivity index is -0.000000106. The summed E-state index contributed by atoms with van der Waals surface area (Å²) >= 11 is 4.97. The second-order valence-corrected chi connectivity index (χ2v) is 11.2. The fraction of sp³-hybridized carbons (Fsp3) is 0.818. The second kappa shape index (κ2) is 19.1. The normalized spacial score (nSPS) is 13.1. The molecule has 0 N–H and O–H groups in total. The van der Waals surface area contributed by atoms with Crippen LogP contribution in [0, 0.1) is 35.5 Å². The van der Waals surface area contributed by atoms with Crippen LogP contribution in [0.4, 0.5) is 0 Å². The average molecular weight is 713 g/mol. The van der Waals surface area contributed by atoms with E-state index in [-0.39, 0.29) is 59.2 Å². The van der Waals surface area contributed by atoms with E-state index in [2.05, 4.69) is 120 Å². The first-order valence-corrected chi connectivity index (χ1v) is 10.7. The number of nitrogens with zero attached hydrogens (tertiary/aromatic N) is 2. The Bertz CT molecular complexity index is 399. The van der Waals surface area contributed by atoms with Crippen LogP contribution >= 0.6 is 0 Å². The van der Waals surface area contributed by atoms with Crippen LogP contribution in [-0.4, -0.2) is 46.7 Å². The zero-order valence-electron chi connectivity index (χ0n) is 21.1. The fourth-order valence-corrected chi connectivity index (χ4v) is 1.76. The number of rotatable bonds is 6. The molecule has 0 aromatic heterocycles. The molecule has 1 radical (unpaired) electrons. The molecule has 0 fully saturated rings. The van der Waals surface area contributed by atoms with E-state index in [0.717, 1.165) is 0 Å². The second-order valence-electron chi connectivity index (χ2n) is 9.17. The van der Waals surface area contributed by atoms with E-state index in [1.165, 1.54) is 14.6 Å². The van der Waals surface area contributed by atoms with Crippen molar-refractivity contribution in [3.63, 3.8) is 0 Å². The summed E-state index contributed by atoms with van der Waals surface area (Å²) in [6, 6.07) is 0. The summed E-state index contributed by atoms with van der Waals surface area (Å²) in [5.41, 5.74) is 0.473. The van der Waals surface area contributed by atoms with Gasteiger partial charge in [-0.15, -0.1) is 0 Å². The van der Waals surface area contributed by atoms with Gasteiger partial charge in [0.15, 0.2) is 0 Å². The van der Waals surface area contributed by atoms with E-state index in [4.69, 9.17) is 0 Å². The summed E-state index contributed by atoms with van der Waals surface area (Å²) in [6.45, 7) is 26.7. The van der Waals surface area contributed by atoms with E-state index in [1.54, 1.807) is 0 Å². The first-order valence-electron chi connectivity index (χ1n) is 9.35. The van der Waals surface area contributed by atoms with Crippen molar-refractivity contribution in [2.75, 3.05) is 28.2 Å². The van der Waals surface area contributed by atoms with Crippen LogP contribution in [0.1, 0.15) is 69.2 Å². The zero-order valence-corrected chi connectivity index (χ0v) is 29.7. The first-order chi connectivity index (χ1) is 11.3. The Kier molecular flexibility index (Phi) is 28.0. The minimum Gasteiger partial charge on any atom is -0.337 e. The van der Waals surface area contributed by atoms with Crippen LogP contribution in [0.2, 0.25) is 0 Å². The molecule has 1 unspecified atom stereocenters. The van der Waals surface area contributed by atoms with Gasteiger partial charge in [-0.2, -0.15) is 24.7 Å². The Hall–Kier alpha value is 2.62. The van der Waals surface area contributed by atoms with Gasteiger partial charge in [-0.25, -0.2) is 0 Å². The molecule has 0 rings (SSSR count). The molecule has 0 aliphatic rings. The van der Waals surface area contributed by atoms with Gasteiger partial charge in [0.25, 0.3) is 0 Å². The van der Waals surface area contributed by atoms with E-state index >= 15 is 0 Å². The van der Waals surface area contributed by atoms with Gasteiger partial charge in [-0.3, -0.25) is 0 Å². The maximum Gasteiger partial charge on any atom is 0 e. The first kappa shape index (κ1) is 40.9. The van der Waals surface area contributed by atoms with Crippen LogP contribution in [0.25, 0.3) is 0 Å². The molecule has 0 aliphatic heterocycles. The third-order valence-corrected chi connectivity index (χ3v) is 6.95. The van der Waals surface area contributed by atoms with Gasteiger partial charge < -0.3 is 12.8 Å². The van der Waals surface area contributed by atoms with Crippen LogP contribution in [0.3, 0.4) is 0 Å². The molecule has 0 bridgehead atoms. The van der Waals surface area contributed by atoms with Crippen LogP contribution in [0.5, 0.6) is 0 Å². The third-order valence-electron chi connectivity index (χ3n) is 5.70. The quantitative estimate of drug-likeness (QED) is 0.348. The van der Waals surface area contributed by atoms with Crippen molar-refractivity contribution >= 4 is 8.70 Å². The molecule has 2 atom stereocenters. The topological polar surface area (TPSA) is 6.48 Å². The molecule has 0 heterocycles. The predicted octanol–water partition coefficient (Wildman–Crippen LogP) is 5.24. The minimum absolute atomic E-state index is 0. The van der Waals surface area contributed by atoms with Crippen molar-refractivity contribution in [3.05, 3.63) is 12.8 Å². The van der Waals surface area contributed by atoms with Crippen molar-refractivity contribution in [3.8, 4) is 0 Å². The monoisotopic (exact) mass is 713 g/mol. The van der Waals surface area contributed by atoms with Crippen molar-refractivity contribution in [2.24, 2.45) is 22.7 Å². The van der Waals surface area contributed by atoms with Crippen molar-refractivity contribution in [2.45, 2.75) is 69.2 Å². The summed E-state index contributed by atoms with van der Waals surface area (Å²) < 4.78 is 2.56. The summed E-state index contributed by atoms with van der Waals surface area (Å²) in [6.07, 6.45) is 0. The molecular formula is C22H46N2V2WY-2. The summed E-state index contributed by atoms with van der Waals surface area (Å²) in [5.74, 6) is 2.81.